The molecule has 1 fully saturated rings. The van der Waals surface area contributed by atoms with Gasteiger partial charge in [-0.3, -0.25) is 24.7 Å². The highest BCUT2D eigenvalue weighted by atomic mass is 35.5. The van der Waals surface area contributed by atoms with Crippen molar-refractivity contribution in [2.75, 3.05) is 18.0 Å². The summed E-state index contributed by atoms with van der Waals surface area (Å²) in [5.41, 5.74) is 8.06. The summed E-state index contributed by atoms with van der Waals surface area (Å²) in [4.78, 5) is 48.7. The van der Waals surface area contributed by atoms with Crippen molar-refractivity contribution < 1.29 is 14.4 Å². The van der Waals surface area contributed by atoms with Crippen LogP contribution in [0.15, 0.2) is 30.6 Å². The topological polar surface area (TPSA) is 122 Å². The van der Waals surface area contributed by atoms with Crippen molar-refractivity contribution in [1.29, 1.82) is 0 Å². The third-order valence-corrected chi connectivity index (χ3v) is 5.70. The van der Waals surface area contributed by atoms with E-state index < -0.39 is 11.9 Å². The first-order valence-corrected chi connectivity index (χ1v) is 10.5. The lowest BCUT2D eigenvalue weighted by Crippen LogP contribution is -2.52. The van der Waals surface area contributed by atoms with E-state index in [2.05, 4.69) is 15.3 Å². The minimum Gasteiger partial charge on any atom is -0.351 e. The molecule has 0 bridgehead atoms. The average molecular weight is 443 g/mol. The molecule has 2 aliphatic rings. The summed E-state index contributed by atoms with van der Waals surface area (Å²) in [6, 6.07) is 5.12. The Morgan fingerprint density at radius 3 is 2.84 bits per heavy atom. The Balaban J connectivity index is 1.53. The van der Waals surface area contributed by atoms with Gasteiger partial charge in [-0.2, -0.15) is 0 Å². The number of rotatable bonds is 7. The number of piperidine rings is 1. The average Bonchev–Trinajstić information content (AvgIpc) is 3.07. The number of hydrogen-bond acceptors (Lipinski definition) is 7. The Kier molecular flexibility index (Phi) is 6.15. The first-order chi connectivity index (χ1) is 15.0. The molecule has 4 rings (SSSR count). The van der Waals surface area contributed by atoms with Crippen LogP contribution >= 0.6 is 11.6 Å². The summed E-state index contributed by atoms with van der Waals surface area (Å²) < 4.78 is 0. The third-order valence-electron chi connectivity index (χ3n) is 5.51. The van der Waals surface area contributed by atoms with Crippen molar-refractivity contribution in [3.05, 3.63) is 52.4 Å². The minimum absolute atomic E-state index is 0.192. The van der Waals surface area contributed by atoms with Gasteiger partial charge in [0, 0.05) is 31.6 Å². The third kappa shape index (κ3) is 4.52. The molecule has 3 amide bonds. The standard InChI is InChI=1S/C21H23ClN6O3/c22-17-9-24-10-18(25-17)27(7-1-6-23)11-13-2-3-14-12-28(21(31)15(14)8-13)16-4-5-19(29)26-20(16)30/h2-3,8-10,16H,1,4-7,11-12,23H2,(H,26,29,30). The van der Waals surface area contributed by atoms with Crippen LogP contribution in [-0.2, 0) is 22.7 Å². The Labute approximate surface area is 184 Å². The second-order valence-electron chi connectivity index (χ2n) is 7.66. The number of amides is 3. The van der Waals surface area contributed by atoms with Crippen LogP contribution in [0.25, 0.3) is 0 Å². The van der Waals surface area contributed by atoms with E-state index in [0.29, 0.717) is 49.1 Å². The van der Waals surface area contributed by atoms with Crippen molar-refractivity contribution in [3.8, 4) is 0 Å². The molecule has 1 unspecified atom stereocenters. The fourth-order valence-corrected chi connectivity index (χ4v) is 4.11. The quantitative estimate of drug-likeness (QED) is 0.619. The van der Waals surface area contributed by atoms with E-state index in [-0.39, 0.29) is 18.2 Å². The number of nitrogens with zero attached hydrogens (tertiary/aromatic N) is 4. The molecular weight excluding hydrogens is 420 g/mol. The Bertz CT molecular complexity index is 1030. The van der Waals surface area contributed by atoms with Gasteiger partial charge in [-0.15, -0.1) is 0 Å². The van der Waals surface area contributed by atoms with Crippen LogP contribution in [0.4, 0.5) is 5.82 Å². The number of fused-ring (bicyclic) bond motifs is 1. The van der Waals surface area contributed by atoms with Crippen LogP contribution in [0.2, 0.25) is 5.15 Å². The van der Waals surface area contributed by atoms with Crippen LogP contribution in [-0.4, -0.2) is 51.7 Å². The van der Waals surface area contributed by atoms with Gasteiger partial charge in [-0.1, -0.05) is 23.7 Å². The summed E-state index contributed by atoms with van der Waals surface area (Å²) in [6.45, 7) is 2.07. The van der Waals surface area contributed by atoms with Gasteiger partial charge in [0.15, 0.2) is 0 Å². The summed E-state index contributed by atoms with van der Waals surface area (Å²) in [5, 5.41) is 2.63. The molecule has 1 saturated heterocycles. The largest absolute Gasteiger partial charge is 0.351 e. The SMILES string of the molecule is NCCCN(Cc1ccc2c(c1)C(=O)N(C1CCC(=O)NC1=O)C2)c1cncc(Cl)n1. The second kappa shape index (κ2) is 8.99. The number of nitrogens with one attached hydrogen (secondary N) is 1. The number of carbonyl (C=O) groups excluding carboxylic acids is 3. The molecule has 0 aliphatic carbocycles. The fourth-order valence-electron chi connectivity index (χ4n) is 3.96. The van der Waals surface area contributed by atoms with E-state index in [1.165, 1.54) is 6.20 Å². The lowest BCUT2D eigenvalue weighted by atomic mass is 10.0. The first-order valence-electron chi connectivity index (χ1n) is 10.2. The minimum atomic E-state index is -0.621. The van der Waals surface area contributed by atoms with Crippen LogP contribution < -0.4 is 16.0 Å². The van der Waals surface area contributed by atoms with Gasteiger partial charge < -0.3 is 15.5 Å². The van der Waals surface area contributed by atoms with Crippen molar-refractivity contribution in [3.63, 3.8) is 0 Å². The van der Waals surface area contributed by atoms with Crippen LogP contribution in [0.5, 0.6) is 0 Å². The predicted molar refractivity (Wildman–Crippen MR) is 114 cm³/mol. The van der Waals surface area contributed by atoms with Gasteiger partial charge in [0.25, 0.3) is 5.91 Å². The Hall–Kier alpha value is -3.04. The molecule has 0 spiro atoms. The maximum Gasteiger partial charge on any atom is 0.255 e. The number of hydrogen-bond donors (Lipinski definition) is 2. The van der Waals surface area contributed by atoms with E-state index in [4.69, 9.17) is 17.3 Å². The van der Waals surface area contributed by atoms with E-state index in [1.807, 2.05) is 23.1 Å². The lowest BCUT2D eigenvalue weighted by Gasteiger charge is -2.29. The van der Waals surface area contributed by atoms with Crippen molar-refractivity contribution in [1.82, 2.24) is 20.2 Å². The zero-order valence-corrected chi connectivity index (χ0v) is 17.6. The predicted octanol–water partition coefficient (Wildman–Crippen LogP) is 1.25. The number of aromatic nitrogens is 2. The molecule has 2 aliphatic heterocycles. The highest BCUT2D eigenvalue weighted by Gasteiger charge is 2.39. The summed E-state index contributed by atoms with van der Waals surface area (Å²) in [5.74, 6) is -0.264. The summed E-state index contributed by atoms with van der Waals surface area (Å²) in [6.07, 6.45) is 4.47. The zero-order valence-electron chi connectivity index (χ0n) is 16.9. The monoisotopic (exact) mass is 442 g/mol. The number of halogens is 1. The number of imide groups is 1. The van der Waals surface area contributed by atoms with Gasteiger partial charge in [0.2, 0.25) is 11.8 Å². The van der Waals surface area contributed by atoms with Crippen molar-refractivity contribution >= 4 is 35.1 Å². The number of nitrogens with two attached hydrogens (primary N) is 1. The van der Waals surface area contributed by atoms with E-state index >= 15 is 0 Å². The molecule has 31 heavy (non-hydrogen) atoms. The first kappa shape index (κ1) is 21.2. The van der Waals surface area contributed by atoms with Gasteiger partial charge in [-0.25, -0.2) is 4.98 Å². The van der Waals surface area contributed by atoms with Crippen LogP contribution in [0, 0.1) is 0 Å². The maximum absolute atomic E-state index is 13.0. The molecule has 1 aromatic carbocycles. The van der Waals surface area contributed by atoms with Gasteiger partial charge in [0.1, 0.15) is 17.0 Å². The van der Waals surface area contributed by atoms with Gasteiger partial charge in [-0.05, 0) is 36.6 Å². The van der Waals surface area contributed by atoms with Crippen LogP contribution in [0.3, 0.4) is 0 Å². The molecule has 0 saturated carbocycles. The number of anilines is 1. The van der Waals surface area contributed by atoms with Gasteiger partial charge in [0.05, 0.1) is 12.4 Å². The highest BCUT2D eigenvalue weighted by Crippen LogP contribution is 2.29. The normalized spacial score (nSPS) is 18.2. The summed E-state index contributed by atoms with van der Waals surface area (Å²) in [7, 11) is 0. The molecule has 2 aromatic rings. The Morgan fingerprint density at radius 1 is 1.26 bits per heavy atom. The molecule has 1 atom stereocenters. The van der Waals surface area contributed by atoms with E-state index in [1.54, 1.807) is 11.1 Å². The molecule has 162 valence electrons. The smallest absolute Gasteiger partial charge is 0.255 e. The fraction of sp³-hybridized carbons (Fsp3) is 0.381. The molecule has 10 heteroatoms. The highest BCUT2D eigenvalue weighted by molar-refractivity contribution is 6.29. The van der Waals surface area contributed by atoms with E-state index in [0.717, 1.165) is 17.5 Å². The summed E-state index contributed by atoms with van der Waals surface area (Å²) >= 11 is 6.00. The Morgan fingerprint density at radius 2 is 2.10 bits per heavy atom. The lowest BCUT2D eigenvalue weighted by molar-refractivity contribution is -0.136. The number of benzene rings is 1. The molecule has 3 N–H and O–H groups in total. The van der Waals surface area contributed by atoms with Gasteiger partial charge >= 0.3 is 0 Å². The van der Waals surface area contributed by atoms with Crippen molar-refractivity contribution in [2.24, 2.45) is 5.73 Å². The number of carbonyl (C=O) groups is 3. The molecular formula is C21H23ClN6O3. The molecule has 1 aromatic heterocycles. The zero-order chi connectivity index (χ0) is 22.0. The van der Waals surface area contributed by atoms with E-state index in [9.17, 15) is 14.4 Å². The second-order valence-corrected chi connectivity index (χ2v) is 8.04. The van der Waals surface area contributed by atoms with Crippen molar-refractivity contribution in [2.45, 2.75) is 38.4 Å². The molecule has 0 radical (unpaired) electrons. The molecule has 3 heterocycles. The maximum atomic E-state index is 13.0. The van der Waals surface area contributed by atoms with Crippen LogP contribution in [0.1, 0.15) is 40.7 Å². The molecule has 9 nitrogen and oxygen atoms in total.